The van der Waals surface area contributed by atoms with Gasteiger partial charge in [0.1, 0.15) is 16.4 Å². The molecule has 6 nitrogen and oxygen atoms in total. The predicted molar refractivity (Wildman–Crippen MR) is 78.8 cm³/mol. The molecule has 0 aliphatic carbocycles. The molecule has 0 unspecified atom stereocenters. The number of benzene rings is 1. The molecule has 21 heavy (non-hydrogen) atoms. The zero-order valence-corrected chi connectivity index (χ0v) is 12.2. The van der Waals surface area contributed by atoms with Crippen molar-refractivity contribution in [1.82, 2.24) is 0 Å². The SMILES string of the molecule is COc1ccc(NC(=O)c2sccc2OC)c(C(=O)O)c1. The highest BCUT2D eigenvalue weighted by atomic mass is 32.1. The third-order valence-electron chi connectivity index (χ3n) is 2.76. The summed E-state index contributed by atoms with van der Waals surface area (Å²) < 4.78 is 10.1. The van der Waals surface area contributed by atoms with E-state index < -0.39 is 11.9 Å². The summed E-state index contributed by atoms with van der Waals surface area (Å²) >= 11 is 1.21. The zero-order chi connectivity index (χ0) is 15.4. The van der Waals surface area contributed by atoms with Crippen LogP contribution < -0.4 is 14.8 Å². The smallest absolute Gasteiger partial charge is 0.337 e. The lowest BCUT2D eigenvalue weighted by Gasteiger charge is -2.10. The van der Waals surface area contributed by atoms with Crippen LogP contribution in [0.4, 0.5) is 5.69 Å². The third-order valence-corrected chi connectivity index (χ3v) is 3.66. The Morgan fingerprint density at radius 1 is 1.19 bits per heavy atom. The van der Waals surface area contributed by atoms with Crippen LogP contribution in [0.25, 0.3) is 0 Å². The van der Waals surface area contributed by atoms with Gasteiger partial charge in [-0.2, -0.15) is 0 Å². The largest absolute Gasteiger partial charge is 0.497 e. The average molecular weight is 307 g/mol. The van der Waals surface area contributed by atoms with E-state index in [1.54, 1.807) is 17.5 Å². The number of ether oxygens (including phenoxy) is 2. The second-order valence-electron chi connectivity index (χ2n) is 3.99. The van der Waals surface area contributed by atoms with Crippen LogP contribution in [-0.4, -0.2) is 31.2 Å². The molecule has 1 heterocycles. The van der Waals surface area contributed by atoms with Gasteiger partial charge in [-0.05, 0) is 29.6 Å². The third kappa shape index (κ3) is 3.14. The first kappa shape index (κ1) is 14.9. The van der Waals surface area contributed by atoms with Crippen LogP contribution in [0.2, 0.25) is 0 Å². The number of carboxylic acids is 1. The van der Waals surface area contributed by atoms with E-state index in [4.69, 9.17) is 9.47 Å². The molecule has 0 spiro atoms. The molecule has 0 radical (unpaired) electrons. The number of carbonyl (C=O) groups excluding carboxylic acids is 1. The lowest BCUT2D eigenvalue weighted by Crippen LogP contribution is -2.14. The number of methoxy groups -OCH3 is 2. The van der Waals surface area contributed by atoms with Crippen LogP contribution in [0.3, 0.4) is 0 Å². The summed E-state index contributed by atoms with van der Waals surface area (Å²) in [4.78, 5) is 23.8. The number of nitrogens with one attached hydrogen (secondary N) is 1. The van der Waals surface area contributed by atoms with E-state index in [9.17, 15) is 14.7 Å². The van der Waals surface area contributed by atoms with Crippen molar-refractivity contribution < 1.29 is 24.2 Å². The molecule has 0 saturated heterocycles. The highest BCUT2D eigenvalue weighted by Crippen LogP contribution is 2.27. The van der Waals surface area contributed by atoms with E-state index in [1.807, 2.05) is 0 Å². The Balaban J connectivity index is 2.31. The van der Waals surface area contributed by atoms with Gasteiger partial charge in [0, 0.05) is 0 Å². The van der Waals surface area contributed by atoms with E-state index in [0.717, 1.165) is 0 Å². The molecular weight excluding hydrogens is 294 g/mol. The normalized spacial score (nSPS) is 10.0. The maximum atomic E-state index is 12.2. The van der Waals surface area contributed by atoms with Gasteiger partial charge >= 0.3 is 5.97 Å². The predicted octanol–water partition coefficient (Wildman–Crippen LogP) is 2.72. The summed E-state index contributed by atoms with van der Waals surface area (Å²) in [5.74, 6) is -0.723. The minimum absolute atomic E-state index is 0.0433. The molecule has 2 N–H and O–H groups in total. The van der Waals surface area contributed by atoms with Crippen molar-refractivity contribution in [1.29, 1.82) is 0 Å². The minimum atomic E-state index is -1.15. The summed E-state index contributed by atoms with van der Waals surface area (Å²) in [6.07, 6.45) is 0. The minimum Gasteiger partial charge on any atom is -0.497 e. The molecule has 1 aromatic carbocycles. The molecule has 1 aromatic heterocycles. The molecule has 0 atom stereocenters. The van der Waals surface area contributed by atoms with Gasteiger partial charge in [-0.25, -0.2) is 4.79 Å². The summed E-state index contributed by atoms with van der Waals surface area (Å²) in [5.41, 5.74) is 0.155. The highest BCUT2D eigenvalue weighted by molar-refractivity contribution is 7.12. The Labute approximate surface area is 124 Å². The molecule has 110 valence electrons. The first-order valence-electron chi connectivity index (χ1n) is 5.91. The molecule has 0 fully saturated rings. The van der Waals surface area contributed by atoms with Crippen molar-refractivity contribution in [2.75, 3.05) is 19.5 Å². The Kier molecular flexibility index (Phi) is 4.44. The van der Waals surface area contributed by atoms with E-state index in [2.05, 4.69) is 5.32 Å². The van der Waals surface area contributed by atoms with E-state index in [-0.39, 0.29) is 11.3 Å². The molecule has 0 aliphatic heterocycles. The summed E-state index contributed by atoms with van der Waals surface area (Å²) in [6.45, 7) is 0. The molecule has 2 aromatic rings. The van der Waals surface area contributed by atoms with Crippen LogP contribution in [0.15, 0.2) is 29.6 Å². The van der Waals surface area contributed by atoms with Gasteiger partial charge in [-0.3, -0.25) is 4.79 Å². The van der Waals surface area contributed by atoms with Crippen molar-refractivity contribution in [3.63, 3.8) is 0 Å². The Morgan fingerprint density at radius 2 is 1.95 bits per heavy atom. The van der Waals surface area contributed by atoms with E-state index in [0.29, 0.717) is 16.4 Å². The van der Waals surface area contributed by atoms with Gasteiger partial charge in [0.2, 0.25) is 0 Å². The fraction of sp³-hybridized carbons (Fsp3) is 0.143. The maximum absolute atomic E-state index is 12.2. The number of hydrogen-bond donors (Lipinski definition) is 2. The lowest BCUT2D eigenvalue weighted by molar-refractivity contribution is 0.0697. The van der Waals surface area contributed by atoms with Crippen molar-refractivity contribution in [2.24, 2.45) is 0 Å². The number of carbonyl (C=O) groups is 2. The maximum Gasteiger partial charge on any atom is 0.337 e. The molecule has 1 amide bonds. The second-order valence-corrected chi connectivity index (χ2v) is 4.91. The highest BCUT2D eigenvalue weighted by Gasteiger charge is 2.18. The van der Waals surface area contributed by atoms with Gasteiger partial charge < -0.3 is 19.9 Å². The van der Waals surface area contributed by atoms with Gasteiger partial charge in [0.05, 0.1) is 25.5 Å². The van der Waals surface area contributed by atoms with Gasteiger partial charge in [-0.15, -0.1) is 11.3 Å². The number of amides is 1. The molecule has 0 aliphatic rings. The van der Waals surface area contributed by atoms with Crippen LogP contribution in [-0.2, 0) is 0 Å². The van der Waals surface area contributed by atoms with Crippen LogP contribution in [0, 0.1) is 0 Å². The molecule has 7 heteroatoms. The Bertz CT molecular complexity index is 680. The number of rotatable bonds is 5. The molecule has 2 rings (SSSR count). The molecule has 0 saturated carbocycles. The summed E-state index contributed by atoms with van der Waals surface area (Å²) in [7, 11) is 2.91. The number of anilines is 1. The summed E-state index contributed by atoms with van der Waals surface area (Å²) in [5, 5.41) is 13.5. The van der Waals surface area contributed by atoms with Gasteiger partial charge in [-0.1, -0.05) is 0 Å². The molecular formula is C14H13NO5S. The first-order chi connectivity index (χ1) is 10.1. The lowest BCUT2D eigenvalue weighted by atomic mass is 10.1. The Hall–Kier alpha value is -2.54. The van der Waals surface area contributed by atoms with Crippen molar-refractivity contribution in [3.05, 3.63) is 40.1 Å². The standard InChI is InChI=1S/C14H13NO5S/c1-19-8-3-4-10(9(7-8)14(17)18)15-13(16)12-11(20-2)5-6-21-12/h3-7H,1-2H3,(H,15,16)(H,17,18). The fourth-order valence-electron chi connectivity index (χ4n) is 1.74. The quantitative estimate of drug-likeness (QED) is 0.887. The number of aromatic carboxylic acids is 1. The summed E-state index contributed by atoms with van der Waals surface area (Å²) in [6, 6.07) is 6.09. The van der Waals surface area contributed by atoms with Crippen molar-refractivity contribution in [2.45, 2.75) is 0 Å². The van der Waals surface area contributed by atoms with E-state index in [1.165, 1.54) is 37.7 Å². The average Bonchev–Trinajstić information content (AvgIpc) is 2.96. The van der Waals surface area contributed by atoms with Gasteiger partial charge in [0.25, 0.3) is 5.91 Å². The van der Waals surface area contributed by atoms with Crippen molar-refractivity contribution >= 4 is 28.9 Å². The number of carboxylic acid groups (broad SMARTS) is 1. The van der Waals surface area contributed by atoms with Crippen molar-refractivity contribution in [3.8, 4) is 11.5 Å². The number of thiophene rings is 1. The zero-order valence-electron chi connectivity index (χ0n) is 11.4. The van der Waals surface area contributed by atoms with E-state index >= 15 is 0 Å². The van der Waals surface area contributed by atoms with Crippen LogP contribution >= 0.6 is 11.3 Å². The fourth-order valence-corrected chi connectivity index (χ4v) is 2.49. The van der Waals surface area contributed by atoms with Crippen LogP contribution in [0.1, 0.15) is 20.0 Å². The molecule has 0 bridgehead atoms. The second kappa shape index (κ2) is 6.27. The number of hydrogen-bond acceptors (Lipinski definition) is 5. The first-order valence-corrected chi connectivity index (χ1v) is 6.79. The van der Waals surface area contributed by atoms with Gasteiger partial charge in [0.15, 0.2) is 0 Å². The Morgan fingerprint density at radius 3 is 2.57 bits per heavy atom. The monoisotopic (exact) mass is 307 g/mol. The van der Waals surface area contributed by atoms with Crippen LogP contribution in [0.5, 0.6) is 11.5 Å². The topological polar surface area (TPSA) is 84.9 Å².